The predicted octanol–water partition coefficient (Wildman–Crippen LogP) is 1.81. The first-order valence-electron chi connectivity index (χ1n) is 4.31. The Hall–Kier alpha value is -0.570. The Balaban J connectivity index is 2.33. The normalized spacial score (nSPS) is 12.8. The second-order valence-electron chi connectivity index (χ2n) is 3.11. The van der Waals surface area contributed by atoms with Gasteiger partial charge in [0.05, 0.1) is 6.10 Å². The average molecular weight is 200 g/mol. The summed E-state index contributed by atoms with van der Waals surface area (Å²) in [6, 6.07) is 7.66. The van der Waals surface area contributed by atoms with Crippen LogP contribution in [0.4, 0.5) is 0 Å². The van der Waals surface area contributed by atoms with Gasteiger partial charge in [0, 0.05) is 18.1 Å². The fraction of sp³-hybridized carbons (Fsp3) is 0.400. The lowest BCUT2D eigenvalue weighted by atomic mass is 10.2. The maximum atomic E-state index is 8.99. The van der Waals surface area contributed by atoms with Crippen LogP contribution in [-0.4, -0.2) is 17.8 Å². The first-order valence-corrected chi connectivity index (χ1v) is 4.69. The van der Waals surface area contributed by atoms with Gasteiger partial charge in [-0.05, 0) is 24.6 Å². The van der Waals surface area contributed by atoms with Gasteiger partial charge in [-0.2, -0.15) is 0 Å². The Morgan fingerprint density at radius 1 is 1.38 bits per heavy atom. The van der Waals surface area contributed by atoms with Crippen molar-refractivity contribution < 1.29 is 5.11 Å². The van der Waals surface area contributed by atoms with Crippen LogP contribution in [0.2, 0.25) is 5.02 Å². The smallest absolute Gasteiger partial charge is 0.0636 e. The van der Waals surface area contributed by atoms with Crippen LogP contribution in [0.3, 0.4) is 0 Å². The van der Waals surface area contributed by atoms with Gasteiger partial charge < -0.3 is 10.4 Å². The molecule has 0 fully saturated rings. The summed E-state index contributed by atoms with van der Waals surface area (Å²) in [5.74, 6) is 0. The molecule has 0 spiro atoms. The van der Waals surface area contributed by atoms with Crippen molar-refractivity contribution in [1.29, 1.82) is 0 Å². The van der Waals surface area contributed by atoms with Crippen molar-refractivity contribution in [2.45, 2.75) is 19.6 Å². The summed E-state index contributed by atoms with van der Waals surface area (Å²) >= 11 is 5.74. The number of aliphatic hydroxyl groups is 1. The van der Waals surface area contributed by atoms with E-state index in [1.54, 1.807) is 6.92 Å². The second kappa shape index (κ2) is 5.22. The molecule has 0 aliphatic rings. The molecule has 3 heteroatoms. The van der Waals surface area contributed by atoms with Crippen molar-refractivity contribution in [1.82, 2.24) is 5.32 Å². The Morgan fingerprint density at radius 3 is 2.54 bits per heavy atom. The molecule has 0 radical (unpaired) electrons. The van der Waals surface area contributed by atoms with Gasteiger partial charge >= 0.3 is 0 Å². The fourth-order valence-corrected chi connectivity index (χ4v) is 1.15. The highest BCUT2D eigenvalue weighted by Crippen LogP contribution is 2.08. The van der Waals surface area contributed by atoms with Crippen LogP contribution in [0, 0.1) is 0 Å². The number of halogens is 1. The number of hydrogen-bond acceptors (Lipinski definition) is 2. The summed E-state index contributed by atoms with van der Waals surface area (Å²) in [5.41, 5.74) is 1.17. The van der Waals surface area contributed by atoms with Crippen molar-refractivity contribution in [2.24, 2.45) is 0 Å². The lowest BCUT2D eigenvalue weighted by Crippen LogP contribution is -2.23. The molecule has 0 amide bonds. The molecular formula is C10H14ClNO. The van der Waals surface area contributed by atoms with Crippen molar-refractivity contribution in [2.75, 3.05) is 6.54 Å². The van der Waals surface area contributed by atoms with E-state index in [9.17, 15) is 0 Å². The highest BCUT2D eigenvalue weighted by atomic mass is 35.5. The second-order valence-corrected chi connectivity index (χ2v) is 3.54. The van der Waals surface area contributed by atoms with Crippen LogP contribution in [0.1, 0.15) is 12.5 Å². The molecule has 0 unspecified atom stereocenters. The molecule has 0 bridgehead atoms. The maximum absolute atomic E-state index is 8.99. The van der Waals surface area contributed by atoms with Crippen molar-refractivity contribution >= 4 is 11.6 Å². The van der Waals surface area contributed by atoms with E-state index in [2.05, 4.69) is 5.32 Å². The van der Waals surface area contributed by atoms with Crippen LogP contribution >= 0.6 is 11.6 Å². The van der Waals surface area contributed by atoms with Gasteiger partial charge in [-0.15, -0.1) is 0 Å². The zero-order chi connectivity index (χ0) is 9.68. The molecule has 0 saturated heterocycles. The molecule has 0 aromatic heterocycles. The van der Waals surface area contributed by atoms with Gasteiger partial charge in [-0.1, -0.05) is 23.7 Å². The molecule has 1 atom stereocenters. The lowest BCUT2D eigenvalue weighted by molar-refractivity contribution is 0.191. The number of aliphatic hydroxyl groups excluding tert-OH is 1. The number of rotatable bonds is 4. The lowest BCUT2D eigenvalue weighted by Gasteiger charge is -2.06. The predicted molar refractivity (Wildman–Crippen MR) is 54.8 cm³/mol. The average Bonchev–Trinajstić information content (AvgIpc) is 2.08. The highest BCUT2D eigenvalue weighted by Gasteiger charge is 1.95. The van der Waals surface area contributed by atoms with Gasteiger partial charge in [-0.25, -0.2) is 0 Å². The van der Waals surface area contributed by atoms with Gasteiger partial charge in [0.25, 0.3) is 0 Å². The van der Waals surface area contributed by atoms with E-state index in [0.717, 1.165) is 11.6 Å². The minimum absolute atomic E-state index is 0.299. The van der Waals surface area contributed by atoms with E-state index in [1.807, 2.05) is 24.3 Å². The van der Waals surface area contributed by atoms with Gasteiger partial charge in [0.2, 0.25) is 0 Å². The molecule has 2 nitrogen and oxygen atoms in total. The maximum Gasteiger partial charge on any atom is 0.0636 e. The van der Waals surface area contributed by atoms with Crippen LogP contribution in [0.15, 0.2) is 24.3 Å². The molecule has 0 heterocycles. The topological polar surface area (TPSA) is 32.3 Å². The van der Waals surface area contributed by atoms with E-state index >= 15 is 0 Å². The largest absolute Gasteiger partial charge is 0.392 e. The zero-order valence-corrected chi connectivity index (χ0v) is 8.38. The Bertz CT molecular complexity index is 246. The summed E-state index contributed by atoms with van der Waals surface area (Å²) in [6.07, 6.45) is -0.299. The van der Waals surface area contributed by atoms with E-state index in [4.69, 9.17) is 16.7 Å². The highest BCUT2D eigenvalue weighted by molar-refractivity contribution is 6.30. The number of hydrogen-bond donors (Lipinski definition) is 2. The molecule has 0 saturated carbocycles. The summed E-state index contributed by atoms with van der Waals surface area (Å²) < 4.78 is 0. The number of benzene rings is 1. The summed E-state index contributed by atoms with van der Waals surface area (Å²) in [6.45, 7) is 3.14. The third kappa shape index (κ3) is 4.27. The van der Waals surface area contributed by atoms with E-state index < -0.39 is 0 Å². The van der Waals surface area contributed by atoms with Crippen LogP contribution in [0.25, 0.3) is 0 Å². The van der Waals surface area contributed by atoms with Gasteiger partial charge in [0.1, 0.15) is 0 Å². The fourth-order valence-electron chi connectivity index (χ4n) is 1.03. The molecule has 1 rings (SSSR count). The Morgan fingerprint density at radius 2 is 2.00 bits per heavy atom. The Labute approximate surface area is 83.5 Å². The quantitative estimate of drug-likeness (QED) is 0.776. The standard InChI is InChI=1S/C10H14ClNO/c1-8(13)6-12-7-9-2-4-10(11)5-3-9/h2-5,8,12-13H,6-7H2,1H3/t8-/m0/s1. The Kier molecular flexibility index (Phi) is 4.22. The summed E-state index contributed by atoms with van der Waals surface area (Å²) in [7, 11) is 0. The molecule has 72 valence electrons. The van der Waals surface area contributed by atoms with E-state index in [1.165, 1.54) is 5.56 Å². The minimum Gasteiger partial charge on any atom is -0.392 e. The van der Waals surface area contributed by atoms with E-state index in [0.29, 0.717) is 6.54 Å². The van der Waals surface area contributed by atoms with E-state index in [-0.39, 0.29) is 6.10 Å². The third-order valence-corrected chi connectivity index (χ3v) is 1.93. The van der Waals surface area contributed by atoms with Crippen molar-refractivity contribution in [3.05, 3.63) is 34.9 Å². The SMILES string of the molecule is C[C@H](O)CNCc1ccc(Cl)cc1. The van der Waals surface area contributed by atoms with Gasteiger partial charge in [0.15, 0.2) is 0 Å². The molecule has 13 heavy (non-hydrogen) atoms. The molecule has 0 aliphatic carbocycles. The minimum atomic E-state index is -0.299. The first kappa shape index (κ1) is 10.5. The monoisotopic (exact) mass is 199 g/mol. The van der Waals surface area contributed by atoms with Gasteiger partial charge in [-0.3, -0.25) is 0 Å². The van der Waals surface area contributed by atoms with Crippen molar-refractivity contribution in [3.8, 4) is 0 Å². The molecular weight excluding hydrogens is 186 g/mol. The summed E-state index contributed by atoms with van der Waals surface area (Å²) in [5, 5.41) is 12.9. The molecule has 0 aliphatic heterocycles. The molecule has 1 aromatic rings. The third-order valence-electron chi connectivity index (χ3n) is 1.68. The summed E-state index contributed by atoms with van der Waals surface area (Å²) in [4.78, 5) is 0. The molecule has 2 N–H and O–H groups in total. The zero-order valence-electron chi connectivity index (χ0n) is 7.63. The molecule has 1 aromatic carbocycles. The van der Waals surface area contributed by atoms with Crippen molar-refractivity contribution in [3.63, 3.8) is 0 Å². The van der Waals surface area contributed by atoms with Crippen LogP contribution in [0.5, 0.6) is 0 Å². The first-order chi connectivity index (χ1) is 6.18. The van der Waals surface area contributed by atoms with Crippen LogP contribution in [-0.2, 0) is 6.54 Å². The number of nitrogens with one attached hydrogen (secondary N) is 1. The van der Waals surface area contributed by atoms with Crippen LogP contribution < -0.4 is 5.32 Å².